The number of hydrogen-bond acceptors (Lipinski definition) is 12. The number of carboxylic acids is 1. The molecule has 8 rings (SSSR count). The van der Waals surface area contributed by atoms with Gasteiger partial charge in [-0.1, -0.05) is 202 Å². The molecule has 446 valence electrons. The van der Waals surface area contributed by atoms with Crippen LogP contribution in [0.3, 0.4) is 0 Å². The van der Waals surface area contributed by atoms with E-state index in [1.54, 1.807) is 104 Å². The van der Waals surface area contributed by atoms with Crippen molar-refractivity contribution in [2.24, 2.45) is 0 Å². The number of hydrogen-bond donors (Lipinski definition) is 5. The monoisotopic (exact) mass is 1230 g/mol. The van der Waals surface area contributed by atoms with Crippen LogP contribution in [0.4, 0.5) is 0 Å². The van der Waals surface area contributed by atoms with E-state index in [4.69, 9.17) is 25.0 Å². The van der Waals surface area contributed by atoms with Crippen LogP contribution in [0.1, 0.15) is 131 Å². The summed E-state index contributed by atoms with van der Waals surface area (Å²) >= 11 is 12.2. The summed E-state index contributed by atoms with van der Waals surface area (Å²) in [6, 6.07) is 54.6. The Bertz CT molecular complexity index is 2690. The summed E-state index contributed by atoms with van der Waals surface area (Å²) in [7, 11) is -1.51. The molecule has 3 heterocycles. The van der Waals surface area contributed by atoms with Crippen LogP contribution in [0, 0.1) is 0 Å². The Kier molecular flexibility index (Phi) is 65.5. The lowest BCUT2D eigenvalue weighted by atomic mass is 9.80. The van der Waals surface area contributed by atoms with Gasteiger partial charge in [0.2, 0.25) is 0 Å². The minimum Gasteiger partial charge on any atom is -0.508 e. The van der Waals surface area contributed by atoms with Gasteiger partial charge in [-0.3, -0.25) is 19.6 Å². The number of aromatic carboxylic acids is 1. The van der Waals surface area contributed by atoms with E-state index in [1.807, 2.05) is 196 Å². The first kappa shape index (κ1) is 85.7. The lowest BCUT2D eigenvalue weighted by molar-refractivity contribution is -0.127. The Morgan fingerprint density at radius 3 is 1.10 bits per heavy atom. The van der Waals surface area contributed by atoms with E-state index in [0.29, 0.717) is 22.3 Å². The van der Waals surface area contributed by atoms with Crippen molar-refractivity contribution in [2.45, 2.75) is 111 Å². The van der Waals surface area contributed by atoms with Crippen molar-refractivity contribution in [3.63, 3.8) is 0 Å². The molecular weight excluding hydrogens is 1140 g/mol. The van der Waals surface area contributed by atoms with E-state index in [9.17, 15) is 24.3 Å². The third kappa shape index (κ3) is 45.2. The molecule has 0 unspecified atom stereocenters. The number of phenolic OH excluding ortho intramolecular Hbond substituents is 2. The summed E-state index contributed by atoms with van der Waals surface area (Å²) in [6.07, 6.45) is 5.21. The molecule has 0 aliphatic heterocycles. The fourth-order valence-corrected chi connectivity index (χ4v) is 5.07. The van der Waals surface area contributed by atoms with Crippen molar-refractivity contribution >= 4 is 74.1 Å². The number of halogens is 3. The van der Waals surface area contributed by atoms with Crippen molar-refractivity contribution in [1.82, 2.24) is 15.0 Å². The van der Waals surface area contributed by atoms with E-state index in [-0.39, 0.29) is 17.5 Å². The van der Waals surface area contributed by atoms with Crippen molar-refractivity contribution in [3.8, 4) is 39.8 Å². The lowest BCUT2D eigenvalue weighted by Gasteiger charge is -2.06. The summed E-state index contributed by atoms with van der Waals surface area (Å²) in [6.45, 7) is 32.0. The number of nitrogens with zero attached hydrogens (tertiary/aromatic N) is 3. The topological polar surface area (TPSA) is 217 Å². The largest absolute Gasteiger partial charge is 0.508 e. The number of carbonyl (C=O) groups excluding carboxylic acids is 3. The molecule has 0 amide bonds. The number of benzene rings is 5. The molecule has 0 atom stereocenters. The highest BCUT2D eigenvalue weighted by molar-refractivity contribution is 9.10. The quantitative estimate of drug-likeness (QED) is 0.0251. The summed E-state index contributed by atoms with van der Waals surface area (Å²) in [5, 5.41) is 41.4. The van der Waals surface area contributed by atoms with E-state index < -0.39 is 23.6 Å². The zero-order valence-electron chi connectivity index (χ0n) is 50.5. The number of pyridine rings is 3. The molecule has 82 heavy (non-hydrogen) atoms. The number of esters is 1. The van der Waals surface area contributed by atoms with Crippen molar-refractivity contribution < 1.29 is 49.3 Å². The Hall–Kier alpha value is -7.53. The number of carbonyl (C=O) groups is 4. The van der Waals surface area contributed by atoms with Gasteiger partial charge in [0.25, 0.3) is 0 Å². The maximum atomic E-state index is 12.0. The number of rotatable bonds is 7. The van der Waals surface area contributed by atoms with Crippen molar-refractivity contribution in [2.75, 3.05) is 0 Å². The molecule has 0 aliphatic carbocycles. The summed E-state index contributed by atoms with van der Waals surface area (Å²) < 4.78 is 6.28. The molecule has 13 nitrogen and oxygen atoms in total. The molecule has 0 spiro atoms. The minimum absolute atomic E-state index is 0.0330. The first-order valence-electron chi connectivity index (χ1n) is 27.1. The van der Waals surface area contributed by atoms with Crippen LogP contribution in [-0.4, -0.2) is 69.9 Å². The maximum Gasteiger partial charge on any atom is 0.488 e. The number of aromatic nitrogens is 3. The normalized spacial score (nSPS) is 8.16. The van der Waals surface area contributed by atoms with Crippen LogP contribution in [-0.2, 0) is 9.59 Å². The number of ether oxygens (including phenoxy) is 1. The van der Waals surface area contributed by atoms with E-state index in [0.717, 1.165) is 27.1 Å². The Labute approximate surface area is 508 Å². The standard InChI is InChI=1S/C18H13NO2.C11H9NO.C7H6O2.C6H7BO3.C5H4BrN.C2Cl2O2.8C2H6/c20-18(14-7-2-1-3-8-14)21-16-10-6-9-15(13-16)17-11-4-5-12-19-17;13-10-5-3-4-9(8-10)11-6-1-2-7-12-11;8-7(9)6-4-2-1-3-5-6;8-6-3-1-2-5(4-6)7(9)10;6-5-3-1-2-4-7-5;3-1(5)2(4)6;8*1-2/h1-13H;1-8,13H;1-5H,(H,8,9);1-4,8-10H;1-4H;;8*1-2H3. The molecule has 0 fully saturated rings. The molecule has 0 radical (unpaired) electrons. The van der Waals surface area contributed by atoms with Crippen LogP contribution < -0.4 is 10.2 Å². The van der Waals surface area contributed by atoms with Crippen LogP contribution in [0.25, 0.3) is 22.5 Å². The summed E-state index contributed by atoms with van der Waals surface area (Å²) in [4.78, 5) is 53.4. The Balaban J connectivity index is -0.000000209. The Morgan fingerprint density at radius 1 is 0.427 bits per heavy atom. The van der Waals surface area contributed by atoms with Gasteiger partial charge in [0.05, 0.1) is 22.5 Å². The molecule has 5 aromatic carbocycles. The highest BCUT2D eigenvalue weighted by atomic mass is 79.9. The van der Waals surface area contributed by atoms with Gasteiger partial charge in [-0.25, -0.2) is 14.6 Å². The van der Waals surface area contributed by atoms with Gasteiger partial charge in [0.15, 0.2) is 0 Å². The smallest absolute Gasteiger partial charge is 0.488 e. The molecular formula is C65H87BBrCl2N3O10. The van der Waals surface area contributed by atoms with E-state index in [2.05, 4.69) is 54.1 Å². The van der Waals surface area contributed by atoms with Gasteiger partial charge in [0, 0.05) is 29.7 Å². The molecule has 17 heteroatoms. The number of phenols is 2. The third-order valence-electron chi connectivity index (χ3n) is 7.79. The molecule has 5 N–H and O–H groups in total. The SMILES string of the molecule is Brc1ccccn1.CC.CC.CC.CC.CC.CC.CC.CC.O=C(Cl)C(=O)Cl.O=C(O)c1ccccc1.O=C(Oc1cccc(-c2ccccn2)c1)c1ccccc1.OB(O)c1cccc(O)c1.Oc1cccc(-c2ccccn2)c1. The average molecular weight is 1230 g/mol. The minimum atomic E-state index is -1.51. The highest BCUT2D eigenvalue weighted by Gasteiger charge is 2.10. The zero-order chi connectivity index (χ0) is 64.1. The fourth-order valence-electron chi connectivity index (χ4n) is 4.80. The second kappa shape index (κ2) is 62.7. The predicted molar refractivity (Wildman–Crippen MR) is 348 cm³/mol. The molecule has 8 aromatic rings. The van der Waals surface area contributed by atoms with Crippen LogP contribution in [0.15, 0.2) is 211 Å². The third-order valence-corrected chi connectivity index (χ3v) is 8.70. The van der Waals surface area contributed by atoms with Crippen LogP contribution in [0.2, 0.25) is 0 Å². The first-order chi connectivity index (χ1) is 39.7. The first-order valence-corrected chi connectivity index (χ1v) is 28.7. The Morgan fingerprint density at radius 2 is 0.793 bits per heavy atom. The van der Waals surface area contributed by atoms with E-state index in [1.165, 1.54) is 18.2 Å². The van der Waals surface area contributed by atoms with Gasteiger partial charge in [-0.2, -0.15) is 0 Å². The molecule has 0 bridgehead atoms. The average Bonchev–Trinajstić information content (AvgIpc) is 3.55. The second-order valence-corrected chi connectivity index (χ2v) is 14.1. The number of aromatic hydroxyl groups is 2. The predicted octanol–water partition coefficient (Wildman–Crippen LogP) is 17.4. The summed E-state index contributed by atoms with van der Waals surface area (Å²) in [5.41, 5.74) is 4.71. The zero-order valence-corrected chi connectivity index (χ0v) is 53.6. The molecule has 0 aliphatic rings. The second-order valence-electron chi connectivity index (χ2n) is 12.6. The maximum absolute atomic E-state index is 12.0. The van der Waals surface area contributed by atoms with Gasteiger partial charge >= 0.3 is 29.5 Å². The van der Waals surface area contributed by atoms with Gasteiger partial charge in [-0.15, -0.1) is 0 Å². The van der Waals surface area contributed by atoms with Crippen LogP contribution >= 0.6 is 39.1 Å². The highest BCUT2D eigenvalue weighted by Crippen LogP contribution is 2.23. The van der Waals surface area contributed by atoms with Crippen LogP contribution in [0.5, 0.6) is 17.2 Å². The van der Waals surface area contributed by atoms with Gasteiger partial charge in [0.1, 0.15) is 21.9 Å². The van der Waals surface area contributed by atoms with E-state index >= 15 is 0 Å². The molecule has 0 saturated heterocycles. The molecule has 0 saturated carbocycles. The fraction of sp³-hybridized carbons (Fsp3) is 0.246. The van der Waals surface area contributed by atoms with Gasteiger partial charge < -0.3 is 30.1 Å². The lowest BCUT2D eigenvalue weighted by Crippen LogP contribution is -2.29. The molecule has 3 aromatic heterocycles. The van der Waals surface area contributed by atoms with Crippen molar-refractivity contribution in [1.29, 1.82) is 0 Å². The number of carboxylic acid groups (broad SMARTS) is 1. The summed E-state index contributed by atoms with van der Waals surface area (Å²) in [5.74, 6) is -0.440. The van der Waals surface area contributed by atoms with Gasteiger partial charge in [-0.05, 0) is 142 Å². The van der Waals surface area contributed by atoms with Crippen molar-refractivity contribution in [3.05, 3.63) is 222 Å².